The van der Waals surface area contributed by atoms with E-state index in [0.717, 1.165) is 0 Å². The third-order valence-corrected chi connectivity index (χ3v) is 10.8. The summed E-state index contributed by atoms with van der Waals surface area (Å²) in [5.74, 6) is 0. The van der Waals surface area contributed by atoms with Gasteiger partial charge in [0.05, 0.1) is 0 Å². The summed E-state index contributed by atoms with van der Waals surface area (Å²) in [5.41, 5.74) is 7.31. The fraction of sp³-hybridized carbons (Fsp3) is 0.429. The summed E-state index contributed by atoms with van der Waals surface area (Å²) in [6, 6.07) is 4.72. The van der Waals surface area contributed by atoms with Gasteiger partial charge in [0, 0.05) is 0 Å². The molecule has 1 aromatic carbocycles. The van der Waals surface area contributed by atoms with Crippen molar-refractivity contribution in [3.8, 4) is 0 Å². The fourth-order valence-corrected chi connectivity index (χ4v) is 7.18. The molecule has 0 saturated heterocycles. The molecule has 0 saturated carbocycles. The van der Waals surface area contributed by atoms with Gasteiger partial charge in [-0.2, -0.15) is 0 Å². The largest absolute Gasteiger partial charge is 1.00 e. The van der Waals surface area contributed by atoms with Gasteiger partial charge in [-0.15, -0.1) is 0 Å². The summed E-state index contributed by atoms with van der Waals surface area (Å²) in [7, 11) is -0.842. The summed E-state index contributed by atoms with van der Waals surface area (Å²) in [5, 5.41) is 0. The predicted octanol–water partition coefficient (Wildman–Crippen LogP) is -2.23. The normalized spacial score (nSPS) is 16.1. The smallest absolute Gasteiger partial charge is 1.00 e. The summed E-state index contributed by atoms with van der Waals surface area (Å²) >= 11 is -0.745. The molecule has 0 spiro atoms. The molecule has 0 fully saturated rings. The molecule has 0 bridgehead atoms. The van der Waals surface area contributed by atoms with Crippen LogP contribution in [0.1, 0.15) is 32.8 Å². The van der Waals surface area contributed by atoms with Crippen LogP contribution < -0.4 is 24.8 Å². The van der Waals surface area contributed by atoms with Crippen LogP contribution >= 0.6 is 0 Å². The van der Waals surface area contributed by atoms with Crippen molar-refractivity contribution < 1.29 is 51.0 Å². The maximum absolute atomic E-state index is 6.09. The van der Waals surface area contributed by atoms with Crippen LogP contribution in [0.4, 0.5) is 0 Å². The number of aryl methyl sites for hydroxylation is 2. The Bertz CT molecular complexity index is 475. The van der Waals surface area contributed by atoms with Crippen LogP contribution in [-0.4, -0.2) is 9.04 Å². The van der Waals surface area contributed by atoms with Crippen molar-refractivity contribution in [1.82, 2.24) is 0 Å². The molecular formula is C14H20Cl2OSiZr. The van der Waals surface area contributed by atoms with Crippen LogP contribution in [0.2, 0.25) is 13.1 Å². The fourth-order valence-electron chi connectivity index (χ4n) is 2.17. The molecule has 104 valence electrons. The molecule has 2 rings (SSSR count). The molecule has 1 aliphatic carbocycles. The quantitative estimate of drug-likeness (QED) is 0.528. The van der Waals surface area contributed by atoms with Gasteiger partial charge < -0.3 is 24.8 Å². The average Bonchev–Trinajstić information content (AvgIpc) is 2.52. The third-order valence-electron chi connectivity index (χ3n) is 3.27. The van der Waals surface area contributed by atoms with Crippen molar-refractivity contribution in [2.24, 2.45) is 0 Å². The molecule has 0 N–H and O–H groups in total. The zero-order valence-corrected chi connectivity index (χ0v) is 17.2. The minimum Gasteiger partial charge on any atom is -1.00 e. The van der Waals surface area contributed by atoms with Gasteiger partial charge in [0.15, 0.2) is 0 Å². The molecule has 19 heavy (non-hydrogen) atoms. The van der Waals surface area contributed by atoms with Gasteiger partial charge >= 0.3 is 119 Å². The molecule has 5 heteroatoms. The first-order valence-corrected chi connectivity index (χ1v) is 11.4. The van der Waals surface area contributed by atoms with E-state index in [4.69, 9.17) is 2.50 Å². The van der Waals surface area contributed by atoms with Crippen molar-refractivity contribution in [2.75, 3.05) is 0 Å². The van der Waals surface area contributed by atoms with Gasteiger partial charge in [-0.05, 0) is 0 Å². The monoisotopic (exact) mass is 392 g/mol. The van der Waals surface area contributed by atoms with Gasteiger partial charge in [0.1, 0.15) is 0 Å². The molecule has 1 atom stereocenters. The second kappa shape index (κ2) is 8.14. The first-order chi connectivity index (χ1) is 7.99. The molecule has 0 aliphatic heterocycles. The number of hydrogen-bond donors (Lipinski definition) is 0. The minimum atomic E-state index is -0.842. The zero-order chi connectivity index (χ0) is 12.6. The molecule has 0 heterocycles. The van der Waals surface area contributed by atoms with Crippen LogP contribution in [0.25, 0.3) is 6.08 Å². The number of allylic oxidation sites excluding steroid dienone is 1. The molecule has 1 nitrogen and oxygen atoms in total. The number of hydrogen-bond acceptors (Lipinski definition) is 1. The second-order valence-corrected chi connectivity index (χ2v) is 11.2. The van der Waals surface area contributed by atoms with E-state index in [0.29, 0.717) is 3.63 Å². The van der Waals surface area contributed by atoms with Crippen molar-refractivity contribution in [3.63, 3.8) is 0 Å². The Hall–Kier alpha value is 0.600. The van der Waals surface area contributed by atoms with E-state index >= 15 is 0 Å². The van der Waals surface area contributed by atoms with Gasteiger partial charge in [-0.25, -0.2) is 0 Å². The molecule has 0 aromatic heterocycles. The standard InChI is InChI=1S/C12H13.C2H7OSi.2ClH.Zr/c1-8-4-11-6-9(2)10(3)7-12(11)5-8;1-4(2)3;;;/h4-7H,1-3H3;4H,1-2H3;2*1H;/q;-1;;;+3/p-2. The Morgan fingerprint density at radius 2 is 1.63 bits per heavy atom. The Morgan fingerprint density at radius 3 is 2.21 bits per heavy atom. The summed E-state index contributed by atoms with van der Waals surface area (Å²) < 4.78 is 6.75. The zero-order valence-electron chi connectivity index (χ0n) is 12.1. The Morgan fingerprint density at radius 1 is 1.05 bits per heavy atom. The van der Waals surface area contributed by atoms with E-state index < -0.39 is 32.7 Å². The summed E-state index contributed by atoms with van der Waals surface area (Å²) in [6.45, 7) is 11.2. The molecule has 1 unspecified atom stereocenters. The molecular weight excluding hydrogens is 374 g/mol. The first-order valence-electron chi connectivity index (χ1n) is 6.19. The van der Waals surface area contributed by atoms with Crippen molar-refractivity contribution in [3.05, 3.63) is 40.0 Å². The van der Waals surface area contributed by atoms with E-state index in [1.165, 1.54) is 27.8 Å². The van der Waals surface area contributed by atoms with Crippen molar-refractivity contribution >= 4 is 15.1 Å². The van der Waals surface area contributed by atoms with E-state index in [2.05, 4.69) is 52.1 Å². The van der Waals surface area contributed by atoms with Gasteiger partial charge in [-0.3, -0.25) is 0 Å². The molecule has 1 aromatic rings. The predicted molar refractivity (Wildman–Crippen MR) is 72.3 cm³/mol. The SMILES string of the molecule is CC1=Cc2cc(C)c(C)cc2[CH]1[Zr+2][O][SiH](C)C.[Cl-].[Cl-]. The van der Waals surface area contributed by atoms with E-state index in [1.807, 2.05) is 0 Å². The molecule has 0 amide bonds. The summed E-state index contributed by atoms with van der Waals surface area (Å²) in [4.78, 5) is 0. The van der Waals surface area contributed by atoms with Crippen LogP contribution in [0, 0.1) is 13.8 Å². The Labute approximate surface area is 142 Å². The number of rotatable bonds is 3. The van der Waals surface area contributed by atoms with Gasteiger partial charge in [0.2, 0.25) is 0 Å². The first kappa shape index (κ1) is 19.6. The topological polar surface area (TPSA) is 9.23 Å². The van der Waals surface area contributed by atoms with Crippen LogP contribution in [0.5, 0.6) is 0 Å². The van der Waals surface area contributed by atoms with E-state index in [-0.39, 0.29) is 24.8 Å². The van der Waals surface area contributed by atoms with E-state index in [9.17, 15) is 0 Å². The van der Waals surface area contributed by atoms with Gasteiger partial charge in [-0.1, -0.05) is 0 Å². The third kappa shape index (κ3) is 4.54. The summed E-state index contributed by atoms with van der Waals surface area (Å²) in [6.07, 6.45) is 2.36. The van der Waals surface area contributed by atoms with Crippen molar-refractivity contribution in [1.29, 1.82) is 0 Å². The number of fused-ring (bicyclic) bond motifs is 1. The maximum Gasteiger partial charge on any atom is -1.00 e. The van der Waals surface area contributed by atoms with Crippen LogP contribution in [0.15, 0.2) is 17.7 Å². The number of benzene rings is 1. The van der Waals surface area contributed by atoms with Crippen LogP contribution in [0.3, 0.4) is 0 Å². The Balaban J connectivity index is 0.00000162. The Kier molecular flexibility index (Phi) is 8.40. The second-order valence-electron chi connectivity index (χ2n) is 5.17. The molecule has 1 aliphatic rings. The van der Waals surface area contributed by atoms with Crippen LogP contribution in [-0.2, 0) is 26.2 Å². The number of halogens is 2. The van der Waals surface area contributed by atoms with Gasteiger partial charge in [0.25, 0.3) is 0 Å². The van der Waals surface area contributed by atoms with Crippen molar-refractivity contribution in [2.45, 2.75) is 37.5 Å². The minimum absolute atomic E-state index is 0. The van der Waals surface area contributed by atoms with E-state index in [1.54, 1.807) is 0 Å². The maximum atomic E-state index is 6.09. The average molecular weight is 395 g/mol. The molecule has 0 radical (unpaired) electrons.